The summed E-state index contributed by atoms with van der Waals surface area (Å²) in [6.07, 6.45) is -0.0418. The second-order valence-corrected chi connectivity index (χ2v) is 6.41. The Morgan fingerprint density at radius 3 is 2.95 bits per heavy atom. The number of carbonyl (C=O) groups excluding carboxylic acids is 1. The number of hydrogen-bond acceptors (Lipinski definition) is 5. The Morgan fingerprint density at radius 1 is 1.33 bits per heavy atom. The van der Waals surface area contributed by atoms with Crippen LogP contribution in [-0.2, 0) is 0 Å². The van der Waals surface area contributed by atoms with Crippen molar-refractivity contribution in [3.05, 3.63) is 51.7 Å². The van der Waals surface area contributed by atoms with Gasteiger partial charge < -0.3 is 10.4 Å². The van der Waals surface area contributed by atoms with Gasteiger partial charge in [0.2, 0.25) is 0 Å². The molecule has 6 heteroatoms. The number of aliphatic hydroxyl groups is 1. The van der Waals surface area contributed by atoms with Crippen molar-refractivity contribution >= 4 is 38.8 Å². The van der Waals surface area contributed by atoms with Crippen molar-refractivity contribution in [3.63, 3.8) is 0 Å². The van der Waals surface area contributed by atoms with E-state index < -0.39 is 6.10 Å². The zero-order chi connectivity index (χ0) is 14.7. The van der Waals surface area contributed by atoms with Crippen LogP contribution in [-0.4, -0.2) is 22.5 Å². The van der Waals surface area contributed by atoms with Crippen LogP contribution in [0.4, 0.5) is 0 Å². The summed E-state index contributed by atoms with van der Waals surface area (Å²) >= 11 is 2.93. The van der Waals surface area contributed by atoms with Gasteiger partial charge in [-0.1, -0.05) is 12.1 Å². The average molecular weight is 318 g/mol. The second-order valence-electron chi connectivity index (χ2n) is 4.60. The summed E-state index contributed by atoms with van der Waals surface area (Å²) in [6.45, 7) is 0.422. The number of amides is 1. The molecule has 2 N–H and O–H groups in total. The Hall–Kier alpha value is -1.76. The first-order valence-electron chi connectivity index (χ1n) is 6.58. The molecule has 2 aromatic heterocycles. The molecule has 1 atom stereocenters. The first-order valence-corrected chi connectivity index (χ1v) is 8.34. The maximum absolute atomic E-state index is 12.0. The van der Waals surface area contributed by atoms with E-state index in [1.807, 2.05) is 41.1 Å². The van der Waals surface area contributed by atoms with Crippen LogP contribution in [0.25, 0.3) is 10.2 Å². The van der Waals surface area contributed by atoms with E-state index in [4.69, 9.17) is 0 Å². The maximum Gasteiger partial charge on any atom is 0.280 e. The molecule has 3 rings (SSSR count). The number of nitrogens with one attached hydrogen (secondary N) is 1. The van der Waals surface area contributed by atoms with Crippen molar-refractivity contribution < 1.29 is 9.90 Å². The fraction of sp³-hybridized carbons (Fsp3) is 0.200. The molecule has 0 saturated heterocycles. The van der Waals surface area contributed by atoms with Crippen molar-refractivity contribution in [1.29, 1.82) is 0 Å². The third-order valence-corrected chi connectivity index (χ3v) is 4.86. The van der Waals surface area contributed by atoms with Gasteiger partial charge in [0, 0.05) is 6.54 Å². The molecule has 0 bridgehead atoms. The van der Waals surface area contributed by atoms with Crippen LogP contribution in [0, 0.1) is 0 Å². The van der Waals surface area contributed by atoms with Gasteiger partial charge >= 0.3 is 0 Å². The van der Waals surface area contributed by atoms with Crippen LogP contribution < -0.4 is 5.32 Å². The highest BCUT2D eigenvalue weighted by atomic mass is 32.1. The fourth-order valence-electron chi connectivity index (χ4n) is 2.00. The molecule has 0 aliphatic carbocycles. The third kappa shape index (κ3) is 3.29. The average Bonchev–Trinajstić information content (AvgIpc) is 3.16. The van der Waals surface area contributed by atoms with Crippen molar-refractivity contribution in [2.75, 3.05) is 6.54 Å². The maximum atomic E-state index is 12.0. The van der Waals surface area contributed by atoms with Gasteiger partial charge in [-0.25, -0.2) is 4.98 Å². The zero-order valence-electron chi connectivity index (χ0n) is 11.2. The molecule has 0 spiro atoms. The summed E-state index contributed by atoms with van der Waals surface area (Å²) in [5.41, 5.74) is 1.74. The van der Waals surface area contributed by atoms with E-state index >= 15 is 0 Å². The van der Waals surface area contributed by atoms with Crippen LogP contribution in [0.2, 0.25) is 0 Å². The highest BCUT2D eigenvalue weighted by molar-refractivity contribution is 7.20. The summed E-state index contributed by atoms with van der Waals surface area (Å²) in [6, 6.07) is 9.57. The van der Waals surface area contributed by atoms with Gasteiger partial charge in [0.1, 0.15) is 0 Å². The molecule has 0 radical (unpaired) electrons. The van der Waals surface area contributed by atoms with E-state index in [-0.39, 0.29) is 5.91 Å². The standard InChI is InChI=1S/C15H14N2O2S2/c18-12(10-6-8-20-9-10)5-7-16-14(19)15-17-11-3-1-2-4-13(11)21-15/h1-4,6,8-9,12,18H,5,7H2,(H,16,19)/t12-/m0/s1. The highest BCUT2D eigenvalue weighted by Crippen LogP contribution is 2.22. The summed E-state index contributed by atoms with van der Waals surface area (Å²) < 4.78 is 1.00. The van der Waals surface area contributed by atoms with Gasteiger partial charge in [-0.3, -0.25) is 4.79 Å². The number of thiophene rings is 1. The van der Waals surface area contributed by atoms with Crippen LogP contribution in [0.5, 0.6) is 0 Å². The molecule has 2 heterocycles. The number of carbonyl (C=O) groups is 1. The Labute approximate surface area is 130 Å². The minimum absolute atomic E-state index is 0.186. The lowest BCUT2D eigenvalue weighted by atomic mass is 10.1. The lowest BCUT2D eigenvalue weighted by Crippen LogP contribution is -2.25. The number of nitrogens with zero attached hydrogens (tertiary/aromatic N) is 1. The van der Waals surface area contributed by atoms with Gasteiger partial charge in [-0.05, 0) is 40.9 Å². The fourth-order valence-corrected chi connectivity index (χ4v) is 3.59. The van der Waals surface area contributed by atoms with Crippen LogP contribution >= 0.6 is 22.7 Å². The van der Waals surface area contributed by atoms with Gasteiger partial charge in [-0.15, -0.1) is 11.3 Å². The molecule has 0 unspecified atom stereocenters. The van der Waals surface area contributed by atoms with Gasteiger partial charge in [-0.2, -0.15) is 11.3 Å². The molecule has 0 aliphatic heterocycles. The van der Waals surface area contributed by atoms with Gasteiger partial charge in [0.05, 0.1) is 16.3 Å². The third-order valence-electron chi connectivity index (χ3n) is 3.12. The van der Waals surface area contributed by atoms with Crippen molar-refractivity contribution in [2.45, 2.75) is 12.5 Å². The molecular formula is C15H14N2O2S2. The van der Waals surface area contributed by atoms with E-state index in [1.54, 1.807) is 11.3 Å². The predicted molar refractivity (Wildman–Crippen MR) is 85.8 cm³/mol. The normalized spacial score (nSPS) is 12.4. The quantitative estimate of drug-likeness (QED) is 0.759. The molecule has 0 aliphatic rings. The molecule has 4 nitrogen and oxygen atoms in total. The second kappa shape index (κ2) is 6.34. The molecular weight excluding hydrogens is 304 g/mol. The molecule has 0 saturated carbocycles. The molecule has 1 aromatic carbocycles. The topological polar surface area (TPSA) is 62.2 Å². The number of hydrogen-bond donors (Lipinski definition) is 2. The van der Waals surface area contributed by atoms with E-state index in [0.29, 0.717) is 18.0 Å². The molecule has 0 fully saturated rings. The first kappa shape index (κ1) is 14.2. The predicted octanol–water partition coefficient (Wildman–Crippen LogP) is 3.21. The van der Waals surface area contributed by atoms with E-state index in [9.17, 15) is 9.90 Å². The molecule has 21 heavy (non-hydrogen) atoms. The number of para-hydroxylation sites is 1. The van der Waals surface area contributed by atoms with Gasteiger partial charge in [0.15, 0.2) is 5.01 Å². The zero-order valence-corrected chi connectivity index (χ0v) is 12.8. The number of aromatic nitrogens is 1. The summed E-state index contributed by atoms with van der Waals surface area (Å²) in [7, 11) is 0. The minimum Gasteiger partial charge on any atom is -0.388 e. The number of rotatable bonds is 5. The molecule has 108 valence electrons. The first-order chi connectivity index (χ1) is 10.2. The minimum atomic E-state index is -0.535. The highest BCUT2D eigenvalue weighted by Gasteiger charge is 2.13. The summed E-state index contributed by atoms with van der Waals surface area (Å²) in [5.74, 6) is -0.186. The largest absolute Gasteiger partial charge is 0.388 e. The lowest BCUT2D eigenvalue weighted by Gasteiger charge is -2.08. The monoisotopic (exact) mass is 318 g/mol. The smallest absolute Gasteiger partial charge is 0.280 e. The molecule has 3 aromatic rings. The number of fused-ring (bicyclic) bond motifs is 1. The number of thiazole rings is 1. The van der Waals surface area contributed by atoms with Crippen molar-refractivity contribution in [2.24, 2.45) is 0 Å². The lowest BCUT2D eigenvalue weighted by molar-refractivity contribution is 0.0942. The van der Waals surface area contributed by atoms with E-state index in [1.165, 1.54) is 11.3 Å². The Balaban J connectivity index is 1.56. The Bertz CT molecular complexity index is 704. The number of benzene rings is 1. The summed E-state index contributed by atoms with van der Waals surface area (Å²) in [5, 5.41) is 17.1. The van der Waals surface area contributed by atoms with Crippen LogP contribution in [0.15, 0.2) is 41.1 Å². The van der Waals surface area contributed by atoms with Gasteiger partial charge in [0.25, 0.3) is 5.91 Å². The van der Waals surface area contributed by atoms with Crippen LogP contribution in [0.3, 0.4) is 0 Å². The van der Waals surface area contributed by atoms with Crippen molar-refractivity contribution in [3.8, 4) is 0 Å². The van der Waals surface area contributed by atoms with E-state index in [2.05, 4.69) is 10.3 Å². The summed E-state index contributed by atoms with van der Waals surface area (Å²) in [4.78, 5) is 16.3. The van der Waals surface area contributed by atoms with Crippen molar-refractivity contribution in [1.82, 2.24) is 10.3 Å². The van der Waals surface area contributed by atoms with Crippen LogP contribution in [0.1, 0.15) is 27.9 Å². The van der Waals surface area contributed by atoms with E-state index in [0.717, 1.165) is 15.8 Å². The Morgan fingerprint density at radius 2 is 2.19 bits per heavy atom. The Kier molecular flexibility index (Phi) is 4.28. The molecule has 1 amide bonds. The number of aliphatic hydroxyl groups excluding tert-OH is 1. The SMILES string of the molecule is O=C(NCC[C@H](O)c1ccsc1)c1nc2ccccc2s1.